The van der Waals surface area contributed by atoms with Gasteiger partial charge in [0, 0.05) is 19.4 Å². The Kier molecular flexibility index (Phi) is 5.31. The van der Waals surface area contributed by atoms with Crippen molar-refractivity contribution < 1.29 is 9.69 Å². The van der Waals surface area contributed by atoms with E-state index < -0.39 is 0 Å². The predicted molar refractivity (Wildman–Crippen MR) is 75.9 cm³/mol. The Balaban J connectivity index is 1.54. The summed E-state index contributed by atoms with van der Waals surface area (Å²) in [7, 11) is 0. The molecule has 0 aromatic heterocycles. The average Bonchev–Trinajstić information content (AvgIpc) is 2.96. The van der Waals surface area contributed by atoms with Crippen LogP contribution < -0.4 is 10.2 Å². The molecule has 1 amide bonds. The lowest BCUT2D eigenvalue weighted by Crippen LogP contribution is -3.05. The van der Waals surface area contributed by atoms with Gasteiger partial charge in [-0.3, -0.25) is 9.69 Å². The third kappa shape index (κ3) is 5.06. The first kappa shape index (κ1) is 13.5. The summed E-state index contributed by atoms with van der Waals surface area (Å²) in [6, 6.07) is 10.1. The number of carbonyl (C=O) groups is 1. The van der Waals surface area contributed by atoms with Gasteiger partial charge >= 0.3 is 0 Å². The van der Waals surface area contributed by atoms with Crippen molar-refractivity contribution in [1.82, 2.24) is 5.32 Å². The molecule has 0 saturated heterocycles. The fourth-order valence-corrected chi connectivity index (χ4v) is 1.98. The van der Waals surface area contributed by atoms with Gasteiger partial charge in [0.15, 0.2) is 6.34 Å². The monoisotopic (exact) mass is 258 g/mol. The molecule has 100 valence electrons. The summed E-state index contributed by atoms with van der Waals surface area (Å²) < 4.78 is 0. The standard InChI is InChI=1S/C15H19N3O/c19-15(8-7-14-5-2-1-3-6-14)17-9-4-11-18-12-10-16-13-18/h1-3,5-6,10,12-13H,4,7-9,11H2,(H,17,19)/p+1. The van der Waals surface area contributed by atoms with Gasteiger partial charge in [-0.2, -0.15) is 0 Å². The molecule has 1 heterocycles. The van der Waals surface area contributed by atoms with Crippen LogP contribution in [0.3, 0.4) is 0 Å². The highest BCUT2D eigenvalue weighted by Crippen LogP contribution is 2.01. The molecule has 1 aromatic rings. The molecule has 0 bridgehead atoms. The molecule has 0 spiro atoms. The van der Waals surface area contributed by atoms with Crippen LogP contribution in [0.25, 0.3) is 0 Å². The van der Waals surface area contributed by atoms with Gasteiger partial charge in [0.25, 0.3) is 0 Å². The predicted octanol–water partition coefficient (Wildman–Crippen LogP) is 0.523. The number of hydrogen-bond donors (Lipinski definition) is 2. The van der Waals surface area contributed by atoms with Crippen molar-refractivity contribution in [2.24, 2.45) is 4.99 Å². The number of amides is 1. The normalized spacial score (nSPS) is 16.7. The maximum Gasteiger partial charge on any atom is 0.220 e. The van der Waals surface area contributed by atoms with Gasteiger partial charge in [-0.15, -0.1) is 0 Å². The third-order valence-corrected chi connectivity index (χ3v) is 3.06. The molecule has 2 N–H and O–H groups in total. The zero-order chi connectivity index (χ0) is 13.3. The maximum absolute atomic E-state index is 11.7. The largest absolute Gasteiger partial charge is 0.356 e. The third-order valence-electron chi connectivity index (χ3n) is 3.06. The Morgan fingerprint density at radius 3 is 2.84 bits per heavy atom. The molecule has 4 nitrogen and oxygen atoms in total. The minimum Gasteiger partial charge on any atom is -0.356 e. The van der Waals surface area contributed by atoms with Crippen LogP contribution in [0.4, 0.5) is 0 Å². The number of nitrogens with one attached hydrogen (secondary N) is 2. The Bertz CT molecular complexity index is 442. The van der Waals surface area contributed by atoms with Crippen molar-refractivity contribution in [3.8, 4) is 0 Å². The lowest BCUT2D eigenvalue weighted by atomic mass is 10.1. The molecule has 19 heavy (non-hydrogen) atoms. The minimum absolute atomic E-state index is 0.129. The fraction of sp³-hybridized carbons (Fsp3) is 0.333. The molecule has 0 fully saturated rings. The summed E-state index contributed by atoms with van der Waals surface area (Å²) in [4.78, 5) is 16.9. The molecule has 0 aliphatic carbocycles. The van der Waals surface area contributed by atoms with Gasteiger partial charge < -0.3 is 5.32 Å². The lowest BCUT2D eigenvalue weighted by Gasteiger charge is -2.07. The Hall–Kier alpha value is -1.94. The zero-order valence-corrected chi connectivity index (χ0v) is 11.0. The topological polar surface area (TPSA) is 45.9 Å². The van der Waals surface area contributed by atoms with Crippen molar-refractivity contribution in [2.75, 3.05) is 13.1 Å². The van der Waals surface area contributed by atoms with E-state index >= 15 is 0 Å². The molecule has 2 rings (SSSR count). The van der Waals surface area contributed by atoms with Gasteiger partial charge in [-0.05, 0) is 12.0 Å². The molecule has 1 aliphatic rings. The van der Waals surface area contributed by atoms with Crippen molar-refractivity contribution in [2.45, 2.75) is 19.3 Å². The van der Waals surface area contributed by atoms with E-state index in [2.05, 4.69) is 22.4 Å². The van der Waals surface area contributed by atoms with Crippen LogP contribution in [-0.4, -0.2) is 25.3 Å². The molecular formula is C15H20N3O+. The first-order valence-corrected chi connectivity index (χ1v) is 6.71. The molecule has 1 aliphatic heterocycles. The van der Waals surface area contributed by atoms with Gasteiger partial charge in [0.05, 0.1) is 12.7 Å². The number of hydrogen-bond acceptors (Lipinski definition) is 2. The number of aryl methyl sites for hydroxylation is 1. The quantitative estimate of drug-likeness (QED) is 0.688. The van der Waals surface area contributed by atoms with Crippen LogP contribution in [0.5, 0.6) is 0 Å². The smallest absolute Gasteiger partial charge is 0.220 e. The molecule has 1 atom stereocenters. The SMILES string of the molecule is O=C(CCc1ccccc1)NCCC[NH+]1C=CN=C1. The maximum atomic E-state index is 11.7. The number of aliphatic imine (C=N–C) groups is 1. The summed E-state index contributed by atoms with van der Waals surface area (Å²) in [5.41, 5.74) is 1.21. The number of carbonyl (C=O) groups excluding carboxylic acids is 1. The number of benzene rings is 1. The van der Waals surface area contributed by atoms with E-state index in [1.54, 1.807) is 6.20 Å². The van der Waals surface area contributed by atoms with Crippen molar-refractivity contribution in [3.63, 3.8) is 0 Å². The minimum atomic E-state index is 0.129. The second kappa shape index (κ2) is 7.48. The summed E-state index contributed by atoms with van der Waals surface area (Å²) in [5, 5.41) is 2.96. The second-order valence-corrected chi connectivity index (χ2v) is 4.61. The van der Waals surface area contributed by atoms with E-state index in [4.69, 9.17) is 0 Å². The number of quaternary nitrogens is 1. The van der Waals surface area contributed by atoms with Crippen molar-refractivity contribution in [3.05, 3.63) is 48.3 Å². The van der Waals surface area contributed by atoms with Crippen LogP contribution in [0.2, 0.25) is 0 Å². The summed E-state index contributed by atoms with van der Waals surface area (Å²) in [5.74, 6) is 0.129. The molecule has 1 aromatic carbocycles. The van der Waals surface area contributed by atoms with Crippen LogP contribution >= 0.6 is 0 Å². The van der Waals surface area contributed by atoms with Gasteiger partial charge in [0.1, 0.15) is 6.20 Å². The molecule has 0 radical (unpaired) electrons. The van der Waals surface area contributed by atoms with Gasteiger partial charge in [0.2, 0.25) is 5.91 Å². The number of rotatable bonds is 7. The first-order chi connectivity index (χ1) is 9.34. The molecule has 4 heteroatoms. The summed E-state index contributed by atoms with van der Waals surface area (Å²) in [6.45, 7) is 1.71. The van der Waals surface area contributed by atoms with Crippen LogP contribution in [-0.2, 0) is 11.2 Å². The van der Waals surface area contributed by atoms with E-state index in [-0.39, 0.29) is 5.91 Å². The summed E-state index contributed by atoms with van der Waals surface area (Å²) >= 11 is 0. The van der Waals surface area contributed by atoms with Crippen LogP contribution in [0.1, 0.15) is 18.4 Å². The molecule has 0 saturated carbocycles. The van der Waals surface area contributed by atoms with E-state index in [9.17, 15) is 4.79 Å². The van der Waals surface area contributed by atoms with Gasteiger partial charge in [-0.1, -0.05) is 30.3 Å². The Morgan fingerprint density at radius 2 is 2.11 bits per heavy atom. The second-order valence-electron chi connectivity index (χ2n) is 4.61. The highest BCUT2D eigenvalue weighted by molar-refractivity contribution is 5.76. The molecule has 1 unspecified atom stereocenters. The summed E-state index contributed by atoms with van der Waals surface area (Å²) in [6.07, 6.45) is 8.01. The number of nitrogens with zero attached hydrogens (tertiary/aromatic N) is 1. The average molecular weight is 258 g/mol. The fourth-order valence-electron chi connectivity index (χ4n) is 1.98. The van der Waals surface area contributed by atoms with Crippen molar-refractivity contribution in [1.29, 1.82) is 0 Å². The first-order valence-electron chi connectivity index (χ1n) is 6.71. The highest BCUT2D eigenvalue weighted by Gasteiger charge is 2.06. The molecular weight excluding hydrogens is 238 g/mol. The Labute approximate surface area is 113 Å². The van der Waals surface area contributed by atoms with E-state index in [1.807, 2.05) is 30.7 Å². The van der Waals surface area contributed by atoms with Crippen LogP contribution in [0, 0.1) is 0 Å². The zero-order valence-electron chi connectivity index (χ0n) is 11.0. The van der Waals surface area contributed by atoms with E-state index in [1.165, 1.54) is 10.5 Å². The highest BCUT2D eigenvalue weighted by atomic mass is 16.1. The van der Waals surface area contributed by atoms with Crippen molar-refractivity contribution >= 4 is 12.2 Å². The van der Waals surface area contributed by atoms with Crippen LogP contribution in [0.15, 0.2) is 47.7 Å². The lowest BCUT2D eigenvalue weighted by molar-refractivity contribution is -0.736. The Morgan fingerprint density at radius 1 is 1.26 bits per heavy atom. The van der Waals surface area contributed by atoms with E-state index in [0.717, 1.165) is 25.9 Å². The van der Waals surface area contributed by atoms with Gasteiger partial charge in [-0.25, -0.2) is 4.99 Å². The van der Waals surface area contributed by atoms with E-state index in [0.29, 0.717) is 6.42 Å².